The molecular weight excluding hydrogens is 434 g/mol. The molecule has 2 aliphatic heterocycles. The predicted octanol–water partition coefficient (Wildman–Crippen LogP) is 2.40. The van der Waals surface area contributed by atoms with Crippen LogP contribution in [0.2, 0.25) is 0 Å². The number of nitrogens with one attached hydrogen (secondary N) is 1. The Labute approximate surface area is 200 Å². The van der Waals surface area contributed by atoms with Gasteiger partial charge in [-0.15, -0.1) is 0 Å². The summed E-state index contributed by atoms with van der Waals surface area (Å²) in [5.74, 6) is 0.888. The Balaban J connectivity index is 1.26. The molecule has 0 aromatic carbocycles. The molecule has 4 heterocycles. The average Bonchev–Trinajstić information content (AvgIpc) is 3.17. The number of carbonyl (C=O) groups is 3. The Kier molecular flexibility index (Phi) is 7.19. The zero-order valence-corrected chi connectivity index (χ0v) is 20.2. The molecule has 2 aromatic rings. The highest BCUT2D eigenvalue weighted by Gasteiger charge is 2.30. The Bertz CT molecular complexity index is 1040. The number of anilines is 1. The van der Waals surface area contributed by atoms with Crippen LogP contribution in [0.15, 0.2) is 24.4 Å². The molecule has 34 heavy (non-hydrogen) atoms. The van der Waals surface area contributed by atoms with Gasteiger partial charge in [-0.3, -0.25) is 9.59 Å². The number of H-pyrrole nitrogens is 1. The van der Waals surface area contributed by atoms with Gasteiger partial charge in [0, 0.05) is 57.6 Å². The number of likely N-dealkylation sites (tertiary alicyclic amines) is 1. The summed E-state index contributed by atoms with van der Waals surface area (Å²) < 4.78 is 4.84. The molecule has 9 nitrogen and oxygen atoms in total. The summed E-state index contributed by atoms with van der Waals surface area (Å²) >= 11 is 0. The molecule has 0 spiro atoms. The van der Waals surface area contributed by atoms with E-state index in [4.69, 9.17) is 4.74 Å². The second-order valence-corrected chi connectivity index (χ2v) is 9.11. The number of nitrogens with zero attached hydrogens (tertiary/aromatic N) is 4. The highest BCUT2D eigenvalue weighted by Crippen LogP contribution is 2.26. The van der Waals surface area contributed by atoms with E-state index < -0.39 is 5.97 Å². The minimum atomic E-state index is -0.441. The first-order valence-electron chi connectivity index (χ1n) is 11.9. The highest BCUT2D eigenvalue weighted by atomic mass is 16.5. The lowest BCUT2D eigenvalue weighted by Crippen LogP contribution is -2.49. The summed E-state index contributed by atoms with van der Waals surface area (Å²) in [4.78, 5) is 51.4. The third kappa shape index (κ3) is 4.93. The van der Waals surface area contributed by atoms with Crippen molar-refractivity contribution in [3.8, 4) is 0 Å². The molecule has 2 saturated heterocycles. The fraction of sp³-hybridized carbons (Fsp3) is 0.520. The number of methoxy groups -OCH3 is 1. The molecular formula is C25H33N5O4. The number of rotatable bonds is 5. The number of aromatic amines is 1. The van der Waals surface area contributed by atoms with E-state index in [0.29, 0.717) is 55.1 Å². The summed E-state index contributed by atoms with van der Waals surface area (Å²) in [6.07, 6.45) is 3.92. The van der Waals surface area contributed by atoms with Crippen LogP contribution in [0.4, 0.5) is 5.82 Å². The number of amides is 2. The van der Waals surface area contributed by atoms with Crippen molar-refractivity contribution in [2.45, 2.75) is 33.1 Å². The molecule has 0 radical (unpaired) electrons. The highest BCUT2D eigenvalue weighted by molar-refractivity contribution is 6.00. The van der Waals surface area contributed by atoms with Crippen molar-refractivity contribution in [1.29, 1.82) is 0 Å². The van der Waals surface area contributed by atoms with Gasteiger partial charge in [0.25, 0.3) is 5.91 Å². The van der Waals surface area contributed by atoms with Crippen molar-refractivity contribution in [2.75, 3.05) is 51.3 Å². The largest absolute Gasteiger partial charge is 0.465 e. The molecule has 2 aromatic heterocycles. The van der Waals surface area contributed by atoms with Gasteiger partial charge in [0.15, 0.2) is 0 Å². The Hall–Kier alpha value is -3.36. The van der Waals surface area contributed by atoms with E-state index in [-0.39, 0.29) is 17.7 Å². The maximum absolute atomic E-state index is 13.1. The van der Waals surface area contributed by atoms with Crippen LogP contribution in [0.5, 0.6) is 0 Å². The zero-order valence-electron chi connectivity index (χ0n) is 20.2. The van der Waals surface area contributed by atoms with Crippen LogP contribution in [-0.4, -0.2) is 83.9 Å². The number of piperidine rings is 1. The van der Waals surface area contributed by atoms with Crippen molar-refractivity contribution in [1.82, 2.24) is 19.8 Å². The molecule has 2 amide bonds. The smallest absolute Gasteiger partial charge is 0.339 e. The van der Waals surface area contributed by atoms with Crippen LogP contribution in [0.25, 0.3) is 0 Å². The molecule has 0 unspecified atom stereocenters. The lowest BCUT2D eigenvalue weighted by Gasteiger charge is -2.37. The van der Waals surface area contributed by atoms with Crippen LogP contribution >= 0.6 is 0 Å². The van der Waals surface area contributed by atoms with Gasteiger partial charge in [-0.2, -0.15) is 0 Å². The SMILES string of the molecule is COC(=O)c1c(C)[nH]c(C(=O)N2CCC(CC(=O)N3CCN(c4ccccn4)CC3)CC2)c1C. The van der Waals surface area contributed by atoms with Gasteiger partial charge < -0.3 is 24.4 Å². The monoisotopic (exact) mass is 467 g/mol. The maximum atomic E-state index is 13.1. The number of ether oxygens (including phenoxy) is 1. The number of hydrogen-bond donors (Lipinski definition) is 1. The predicted molar refractivity (Wildman–Crippen MR) is 128 cm³/mol. The van der Waals surface area contributed by atoms with Gasteiger partial charge in [-0.05, 0) is 50.3 Å². The molecule has 4 rings (SSSR count). The lowest BCUT2D eigenvalue weighted by molar-refractivity contribution is -0.132. The molecule has 9 heteroatoms. The van der Waals surface area contributed by atoms with Crippen molar-refractivity contribution in [3.05, 3.63) is 46.9 Å². The first-order valence-corrected chi connectivity index (χ1v) is 11.9. The van der Waals surface area contributed by atoms with E-state index in [0.717, 1.165) is 31.7 Å². The van der Waals surface area contributed by atoms with E-state index in [1.807, 2.05) is 28.0 Å². The van der Waals surface area contributed by atoms with Crippen molar-refractivity contribution >= 4 is 23.6 Å². The van der Waals surface area contributed by atoms with Gasteiger partial charge in [0.05, 0.1) is 12.7 Å². The summed E-state index contributed by atoms with van der Waals surface area (Å²) in [7, 11) is 1.34. The van der Waals surface area contributed by atoms with Crippen molar-refractivity contribution in [3.63, 3.8) is 0 Å². The van der Waals surface area contributed by atoms with Gasteiger partial charge in [0.2, 0.25) is 5.91 Å². The third-order valence-electron chi connectivity index (χ3n) is 7.01. The van der Waals surface area contributed by atoms with Crippen molar-refractivity contribution < 1.29 is 19.1 Å². The van der Waals surface area contributed by atoms with Crippen LogP contribution in [-0.2, 0) is 9.53 Å². The Morgan fingerprint density at radius 2 is 1.74 bits per heavy atom. The minimum absolute atomic E-state index is 0.105. The molecule has 0 bridgehead atoms. The molecule has 1 N–H and O–H groups in total. The summed E-state index contributed by atoms with van der Waals surface area (Å²) in [6.45, 7) is 7.74. The first kappa shape index (κ1) is 23.8. The van der Waals surface area contributed by atoms with Crippen LogP contribution in [0.1, 0.15) is 51.4 Å². The van der Waals surface area contributed by atoms with Crippen LogP contribution in [0.3, 0.4) is 0 Å². The van der Waals surface area contributed by atoms with Gasteiger partial charge >= 0.3 is 5.97 Å². The number of piperazine rings is 1. The van der Waals surface area contributed by atoms with Gasteiger partial charge in [-0.25, -0.2) is 9.78 Å². The Morgan fingerprint density at radius 1 is 1.03 bits per heavy atom. The number of aryl methyl sites for hydroxylation is 1. The van der Waals surface area contributed by atoms with E-state index in [1.165, 1.54) is 7.11 Å². The van der Waals surface area contributed by atoms with Gasteiger partial charge in [0.1, 0.15) is 11.5 Å². The molecule has 2 aliphatic rings. The number of pyridine rings is 1. The topological polar surface area (TPSA) is 98.8 Å². The maximum Gasteiger partial charge on any atom is 0.339 e. The van der Waals surface area contributed by atoms with Crippen molar-refractivity contribution in [2.24, 2.45) is 5.92 Å². The summed E-state index contributed by atoms with van der Waals surface area (Å²) in [6, 6.07) is 5.88. The molecule has 0 aliphatic carbocycles. The molecule has 0 atom stereocenters. The fourth-order valence-electron chi connectivity index (χ4n) is 4.97. The summed E-state index contributed by atoms with van der Waals surface area (Å²) in [5, 5.41) is 0. The summed E-state index contributed by atoms with van der Waals surface area (Å²) in [5.41, 5.74) is 2.13. The molecule has 0 saturated carbocycles. The Morgan fingerprint density at radius 3 is 2.35 bits per heavy atom. The molecule has 2 fully saturated rings. The first-order chi connectivity index (χ1) is 16.4. The van der Waals surface area contributed by atoms with E-state index in [9.17, 15) is 14.4 Å². The average molecular weight is 468 g/mol. The third-order valence-corrected chi connectivity index (χ3v) is 7.01. The van der Waals surface area contributed by atoms with E-state index in [2.05, 4.69) is 14.9 Å². The second kappa shape index (κ2) is 10.3. The minimum Gasteiger partial charge on any atom is -0.465 e. The number of hydrogen-bond acceptors (Lipinski definition) is 6. The lowest BCUT2D eigenvalue weighted by atomic mass is 9.92. The number of carbonyl (C=O) groups excluding carboxylic acids is 3. The quantitative estimate of drug-likeness (QED) is 0.678. The van der Waals surface area contributed by atoms with Crippen LogP contribution < -0.4 is 4.90 Å². The zero-order chi connectivity index (χ0) is 24.2. The second-order valence-electron chi connectivity index (χ2n) is 9.11. The van der Waals surface area contributed by atoms with Gasteiger partial charge in [-0.1, -0.05) is 6.07 Å². The fourth-order valence-corrected chi connectivity index (χ4v) is 4.97. The molecule has 182 valence electrons. The number of esters is 1. The standard InChI is InChI=1S/C25H33N5O4/c1-17-22(25(33)34-3)18(2)27-23(17)24(32)30-10-7-19(8-11-30)16-21(31)29-14-12-28(13-15-29)20-6-4-5-9-26-20/h4-6,9,19,27H,7-8,10-16H2,1-3H3. The normalized spacial score (nSPS) is 17.1. The number of aromatic nitrogens is 2. The van der Waals surface area contributed by atoms with E-state index in [1.54, 1.807) is 20.0 Å². The van der Waals surface area contributed by atoms with Crippen LogP contribution in [0, 0.1) is 19.8 Å². The van der Waals surface area contributed by atoms with E-state index >= 15 is 0 Å².